The first-order valence-corrected chi connectivity index (χ1v) is 8.32. The Bertz CT molecular complexity index is 642. The van der Waals surface area contributed by atoms with Gasteiger partial charge in [-0.25, -0.2) is 4.98 Å². The molecule has 0 bridgehead atoms. The normalized spacial score (nSPS) is 14.2. The lowest BCUT2D eigenvalue weighted by atomic mass is 10.2. The number of imidazole rings is 1. The lowest BCUT2D eigenvalue weighted by Gasteiger charge is -2.18. The second-order valence-corrected chi connectivity index (χ2v) is 6.72. The van der Waals surface area contributed by atoms with E-state index in [4.69, 9.17) is 11.6 Å². The Morgan fingerprint density at radius 3 is 2.80 bits per heavy atom. The van der Waals surface area contributed by atoms with E-state index in [1.807, 2.05) is 30.8 Å². The summed E-state index contributed by atoms with van der Waals surface area (Å²) in [7, 11) is 0. The fourth-order valence-corrected chi connectivity index (χ4v) is 3.21. The van der Waals surface area contributed by atoms with Crippen LogP contribution >= 0.6 is 23.4 Å². The summed E-state index contributed by atoms with van der Waals surface area (Å²) in [5.41, 5.74) is 2.36. The first-order valence-electron chi connectivity index (χ1n) is 6.72. The number of aromatic nitrogens is 2. The molecule has 2 unspecified atom stereocenters. The van der Waals surface area contributed by atoms with Crippen LogP contribution < -0.4 is 0 Å². The number of nitrogens with zero attached hydrogens (tertiary/aromatic N) is 3. The molecule has 0 aliphatic rings. The molecule has 1 aromatic carbocycles. The highest BCUT2D eigenvalue weighted by atomic mass is 35.5. The van der Waals surface area contributed by atoms with E-state index in [0.29, 0.717) is 11.6 Å². The second kappa shape index (κ2) is 6.51. The van der Waals surface area contributed by atoms with Crippen molar-refractivity contribution in [3.8, 4) is 6.07 Å². The average molecular weight is 308 g/mol. The maximum Gasteiger partial charge on any atom is 0.128 e. The Morgan fingerprint density at radius 1 is 1.45 bits per heavy atom. The van der Waals surface area contributed by atoms with E-state index in [2.05, 4.69) is 29.5 Å². The van der Waals surface area contributed by atoms with Crippen molar-refractivity contribution in [2.75, 3.05) is 11.5 Å². The number of benzene rings is 1. The molecular weight excluding hydrogens is 290 g/mol. The molecule has 0 amide bonds. The number of halogens is 1. The van der Waals surface area contributed by atoms with E-state index in [-0.39, 0.29) is 5.38 Å². The zero-order valence-electron chi connectivity index (χ0n) is 11.9. The van der Waals surface area contributed by atoms with Gasteiger partial charge in [-0.05, 0) is 31.7 Å². The van der Waals surface area contributed by atoms with Gasteiger partial charge in [-0.15, -0.1) is 11.6 Å². The molecule has 2 aromatic rings. The summed E-state index contributed by atoms with van der Waals surface area (Å²) in [5.74, 6) is 2.94. The number of nitriles is 1. The van der Waals surface area contributed by atoms with E-state index >= 15 is 0 Å². The Kier molecular flexibility index (Phi) is 4.95. The zero-order valence-corrected chi connectivity index (χ0v) is 13.5. The van der Waals surface area contributed by atoms with Crippen LogP contribution in [0, 0.1) is 11.3 Å². The summed E-state index contributed by atoms with van der Waals surface area (Å²) in [5, 5.41) is 9.04. The van der Waals surface area contributed by atoms with Crippen LogP contribution in [0.25, 0.3) is 11.0 Å². The number of hydrogen-bond donors (Lipinski definition) is 0. The topological polar surface area (TPSA) is 41.6 Å². The minimum absolute atomic E-state index is 0.178. The average Bonchev–Trinajstić information content (AvgIpc) is 2.84. The van der Waals surface area contributed by atoms with Crippen molar-refractivity contribution in [3.05, 3.63) is 29.6 Å². The minimum Gasteiger partial charge on any atom is -0.323 e. The molecule has 1 aromatic heterocycles. The molecule has 0 N–H and O–H groups in total. The molecule has 0 saturated heterocycles. The van der Waals surface area contributed by atoms with E-state index < -0.39 is 0 Å². The van der Waals surface area contributed by atoms with Gasteiger partial charge in [0.25, 0.3) is 0 Å². The lowest BCUT2D eigenvalue weighted by Crippen LogP contribution is -2.12. The molecular formula is C15H18ClN3S. The second-order valence-electron chi connectivity index (χ2n) is 4.75. The van der Waals surface area contributed by atoms with E-state index in [1.54, 1.807) is 6.07 Å². The number of alkyl halides is 1. The predicted octanol–water partition coefficient (Wildman–Crippen LogP) is 4.52. The monoisotopic (exact) mass is 307 g/mol. The van der Waals surface area contributed by atoms with Gasteiger partial charge in [0, 0.05) is 11.8 Å². The number of thioether (sulfide) groups is 1. The summed E-state index contributed by atoms with van der Waals surface area (Å²) in [4.78, 5) is 4.61. The van der Waals surface area contributed by atoms with Gasteiger partial charge < -0.3 is 4.57 Å². The third-order valence-corrected chi connectivity index (χ3v) is 4.55. The van der Waals surface area contributed by atoms with Crippen molar-refractivity contribution in [2.45, 2.75) is 32.2 Å². The van der Waals surface area contributed by atoms with Crippen LogP contribution in [0.1, 0.15) is 43.6 Å². The SMILES string of the molecule is CCSCC(C)n1c(C(C)Cl)nc2c(C#N)cccc21. The highest BCUT2D eigenvalue weighted by Crippen LogP contribution is 2.30. The fraction of sp³-hybridized carbons (Fsp3) is 0.467. The van der Waals surface area contributed by atoms with Gasteiger partial charge >= 0.3 is 0 Å². The van der Waals surface area contributed by atoms with Crippen molar-refractivity contribution >= 4 is 34.4 Å². The summed E-state index contributed by atoms with van der Waals surface area (Å²) >= 11 is 8.18. The van der Waals surface area contributed by atoms with Crippen molar-refractivity contribution < 1.29 is 0 Å². The molecule has 0 fully saturated rings. The molecule has 2 atom stereocenters. The van der Waals surface area contributed by atoms with Crippen LogP contribution in [-0.4, -0.2) is 21.1 Å². The van der Waals surface area contributed by atoms with Gasteiger partial charge in [0.05, 0.1) is 16.5 Å². The molecule has 3 nitrogen and oxygen atoms in total. The van der Waals surface area contributed by atoms with Crippen LogP contribution in [0.3, 0.4) is 0 Å². The Labute approximate surface area is 128 Å². The molecule has 106 valence electrons. The maximum absolute atomic E-state index is 9.22. The van der Waals surface area contributed by atoms with Gasteiger partial charge in [-0.1, -0.05) is 13.0 Å². The van der Waals surface area contributed by atoms with Gasteiger partial charge in [-0.3, -0.25) is 0 Å². The molecule has 0 aliphatic carbocycles. The largest absolute Gasteiger partial charge is 0.323 e. The number of fused-ring (bicyclic) bond motifs is 1. The molecule has 0 saturated carbocycles. The quantitative estimate of drug-likeness (QED) is 0.762. The van der Waals surface area contributed by atoms with Crippen molar-refractivity contribution in [2.24, 2.45) is 0 Å². The predicted molar refractivity (Wildman–Crippen MR) is 86.4 cm³/mol. The number of hydrogen-bond acceptors (Lipinski definition) is 3. The Morgan fingerprint density at radius 2 is 2.20 bits per heavy atom. The van der Waals surface area contributed by atoms with E-state index in [9.17, 15) is 5.26 Å². The molecule has 0 radical (unpaired) electrons. The van der Waals surface area contributed by atoms with Crippen molar-refractivity contribution in [1.82, 2.24) is 9.55 Å². The fourth-order valence-electron chi connectivity index (χ4n) is 2.33. The van der Waals surface area contributed by atoms with Crippen LogP contribution in [0.5, 0.6) is 0 Å². The van der Waals surface area contributed by atoms with Crippen LogP contribution in [0.4, 0.5) is 0 Å². The first kappa shape index (κ1) is 15.2. The highest BCUT2D eigenvalue weighted by Gasteiger charge is 2.20. The smallest absolute Gasteiger partial charge is 0.128 e. The van der Waals surface area contributed by atoms with E-state index in [1.165, 1.54) is 0 Å². The third kappa shape index (κ3) is 2.79. The number of rotatable bonds is 5. The first-order chi connectivity index (χ1) is 9.60. The van der Waals surface area contributed by atoms with Crippen LogP contribution in [0.2, 0.25) is 0 Å². The zero-order chi connectivity index (χ0) is 14.7. The summed E-state index contributed by atoms with van der Waals surface area (Å²) in [6.45, 7) is 6.25. The molecule has 5 heteroatoms. The third-order valence-electron chi connectivity index (χ3n) is 3.23. The minimum atomic E-state index is -0.178. The van der Waals surface area contributed by atoms with Gasteiger partial charge in [0.2, 0.25) is 0 Å². The Hall–Kier alpha value is -1.18. The van der Waals surface area contributed by atoms with Gasteiger partial charge in [-0.2, -0.15) is 17.0 Å². The standard InChI is InChI=1S/C15H18ClN3S/c1-4-20-9-10(2)19-13-7-5-6-12(8-17)14(13)18-15(19)11(3)16/h5-7,10-11H,4,9H2,1-3H3. The van der Waals surface area contributed by atoms with Gasteiger partial charge in [0.1, 0.15) is 17.4 Å². The maximum atomic E-state index is 9.22. The molecule has 0 spiro atoms. The summed E-state index contributed by atoms with van der Waals surface area (Å²) in [6.07, 6.45) is 0. The molecule has 20 heavy (non-hydrogen) atoms. The summed E-state index contributed by atoms with van der Waals surface area (Å²) < 4.78 is 2.18. The van der Waals surface area contributed by atoms with Gasteiger partial charge in [0.15, 0.2) is 0 Å². The number of para-hydroxylation sites is 1. The van der Waals surface area contributed by atoms with Crippen molar-refractivity contribution in [3.63, 3.8) is 0 Å². The molecule has 1 heterocycles. The Balaban J connectivity index is 2.61. The summed E-state index contributed by atoms with van der Waals surface area (Å²) in [6, 6.07) is 8.22. The lowest BCUT2D eigenvalue weighted by molar-refractivity contribution is 0.593. The molecule has 2 rings (SSSR count). The van der Waals surface area contributed by atoms with Crippen LogP contribution in [-0.2, 0) is 0 Å². The van der Waals surface area contributed by atoms with E-state index in [0.717, 1.165) is 28.4 Å². The molecule has 0 aliphatic heterocycles. The van der Waals surface area contributed by atoms with Crippen LogP contribution in [0.15, 0.2) is 18.2 Å². The van der Waals surface area contributed by atoms with Crippen molar-refractivity contribution in [1.29, 1.82) is 5.26 Å². The highest BCUT2D eigenvalue weighted by molar-refractivity contribution is 7.99.